The quantitative estimate of drug-likeness (QED) is 0.817. The van der Waals surface area contributed by atoms with Crippen LogP contribution in [0.25, 0.3) is 6.08 Å². The van der Waals surface area contributed by atoms with Crippen LogP contribution < -0.4 is 14.5 Å². The molecule has 0 fully saturated rings. The summed E-state index contributed by atoms with van der Waals surface area (Å²) in [5, 5.41) is 14.7. The largest absolute Gasteiger partial charge is 0.478 e. The van der Waals surface area contributed by atoms with Crippen molar-refractivity contribution in [3.05, 3.63) is 58.1 Å². The van der Waals surface area contributed by atoms with Crippen LogP contribution in [0.15, 0.2) is 47.1 Å². The third-order valence-corrected chi connectivity index (χ3v) is 4.52. The minimum Gasteiger partial charge on any atom is -0.478 e. The Morgan fingerprint density at radius 2 is 2.00 bits per heavy atom. The van der Waals surface area contributed by atoms with Gasteiger partial charge in [0.2, 0.25) is 6.79 Å². The fourth-order valence-electron chi connectivity index (χ4n) is 2.84. The first-order chi connectivity index (χ1) is 12.9. The van der Waals surface area contributed by atoms with Crippen molar-refractivity contribution in [2.24, 2.45) is 5.10 Å². The summed E-state index contributed by atoms with van der Waals surface area (Å²) in [5.41, 5.74) is 1.92. The van der Waals surface area contributed by atoms with E-state index in [9.17, 15) is 14.7 Å². The van der Waals surface area contributed by atoms with Gasteiger partial charge in [-0.15, -0.1) is 0 Å². The highest BCUT2D eigenvalue weighted by molar-refractivity contribution is 6.34. The molecule has 2 heterocycles. The number of nitrogens with zero attached hydrogens (tertiary/aromatic N) is 2. The van der Waals surface area contributed by atoms with Crippen molar-refractivity contribution < 1.29 is 24.2 Å². The number of aromatic carboxylic acids is 1. The van der Waals surface area contributed by atoms with E-state index in [4.69, 9.17) is 21.1 Å². The first-order valence-electron chi connectivity index (χ1n) is 7.98. The number of halogens is 1. The maximum absolute atomic E-state index is 12.8. The molecule has 0 saturated carbocycles. The molecule has 0 bridgehead atoms. The van der Waals surface area contributed by atoms with Crippen molar-refractivity contribution >= 4 is 41.0 Å². The summed E-state index contributed by atoms with van der Waals surface area (Å²) in [6, 6.07) is 9.67. The fraction of sp³-hybridized carbons (Fsp3) is 0.105. The van der Waals surface area contributed by atoms with Gasteiger partial charge in [-0.25, -0.2) is 4.79 Å². The van der Waals surface area contributed by atoms with Gasteiger partial charge in [0.15, 0.2) is 11.5 Å². The molecule has 2 aliphatic heterocycles. The molecule has 4 rings (SSSR count). The maximum Gasteiger partial charge on any atom is 0.337 e. The van der Waals surface area contributed by atoms with Crippen LogP contribution in [-0.4, -0.2) is 29.5 Å². The highest BCUT2D eigenvalue weighted by Gasteiger charge is 2.29. The van der Waals surface area contributed by atoms with Crippen LogP contribution in [0.1, 0.15) is 22.8 Å². The molecule has 0 unspecified atom stereocenters. The van der Waals surface area contributed by atoms with E-state index in [0.717, 1.165) is 10.6 Å². The summed E-state index contributed by atoms with van der Waals surface area (Å²) in [4.78, 5) is 24.1. The van der Waals surface area contributed by atoms with Crippen LogP contribution in [0.4, 0.5) is 5.69 Å². The van der Waals surface area contributed by atoms with Gasteiger partial charge in [0.1, 0.15) is 0 Å². The molecule has 7 nitrogen and oxygen atoms in total. The molecule has 0 saturated heterocycles. The monoisotopic (exact) mass is 384 g/mol. The Hall–Kier alpha value is -3.32. The van der Waals surface area contributed by atoms with E-state index in [2.05, 4.69) is 5.10 Å². The molecule has 2 aromatic rings. The number of carboxylic acids is 1. The van der Waals surface area contributed by atoms with Gasteiger partial charge in [0, 0.05) is 0 Å². The zero-order valence-corrected chi connectivity index (χ0v) is 14.9. The van der Waals surface area contributed by atoms with Gasteiger partial charge in [-0.2, -0.15) is 10.1 Å². The Bertz CT molecular complexity index is 1040. The number of hydrogen-bond donors (Lipinski definition) is 1. The third kappa shape index (κ3) is 3.02. The molecule has 27 heavy (non-hydrogen) atoms. The normalized spacial score (nSPS) is 16.8. The third-order valence-electron chi connectivity index (χ3n) is 4.20. The topological polar surface area (TPSA) is 88.4 Å². The zero-order chi connectivity index (χ0) is 19.1. The van der Waals surface area contributed by atoms with Crippen molar-refractivity contribution in [2.45, 2.75) is 6.92 Å². The fourth-order valence-corrected chi connectivity index (χ4v) is 3.04. The lowest BCUT2D eigenvalue weighted by Crippen LogP contribution is -2.21. The number of hydrogen-bond acceptors (Lipinski definition) is 5. The van der Waals surface area contributed by atoms with Crippen LogP contribution in [0, 0.1) is 0 Å². The summed E-state index contributed by atoms with van der Waals surface area (Å²) < 4.78 is 10.6. The summed E-state index contributed by atoms with van der Waals surface area (Å²) in [6.07, 6.45) is 1.71. The number of amides is 1. The smallest absolute Gasteiger partial charge is 0.337 e. The van der Waals surface area contributed by atoms with Crippen molar-refractivity contribution in [1.29, 1.82) is 0 Å². The molecule has 136 valence electrons. The van der Waals surface area contributed by atoms with Crippen molar-refractivity contribution in [3.63, 3.8) is 0 Å². The number of carbonyl (C=O) groups is 2. The van der Waals surface area contributed by atoms with Crippen LogP contribution >= 0.6 is 11.6 Å². The minimum absolute atomic E-state index is 0.0923. The van der Waals surface area contributed by atoms with E-state index in [-0.39, 0.29) is 23.3 Å². The molecule has 2 aliphatic rings. The molecule has 0 radical (unpaired) electrons. The standard InChI is InChI=1S/C19H13ClN2O5/c1-10-13(6-11-2-5-16-17(7-11)27-9-26-16)18(23)22(21-10)12-3-4-15(20)14(8-12)19(24)25/h2-8H,9H2,1H3,(H,24,25)/b13-6-. The highest BCUT2D eigenvalue weighted by Crippen LogP contribution is 2.34. The molecule has 0 aliphatic carbocycles. The second-order valence-electron chi connectivity index (χ2n) is 5.94. The van der Waals surface area contributed by atoms with Crippen molar-refractivity contribution in [3.8, 4) is 11.5 Å². The molecule has 8 heteroatoms. The van der Waals surface area contributed by atoms with Crippen molar-refractivity contribution in [1.82, 2.24) is 0 Å². The lowest BCUT2D eigenvalue weighted by molar-refractivity contribution is -0.114. The second kappa shape index (κ2) is 6.44. The SMILES string of the molecule is CC1=NN(c2ccc(Cl)c(C(=O)O)c2)C(=O)/C1=C\c1ccc2c(c1)OCO2. The van der Waals surface area contributed by atoms with E-state index >= 15 is 0 Å². The lowest BCUT2D eigenvalue weighted by Gasteiger charge is -2.13. The second-order valence-corrected chi connectivity index (χ2v) is 6.35. The average Bonchev–Trinajstić information content (AvgIpc) is 3.21. The Balaban J connectivity index is 1.67. The lowest BCUT2D eigenvalue weighted by atomic mass is 10.1. The molecule has 2 aromatic carbocycles. The molecule has 0 aromatic heterocycles. The number of benzene rings is 2. The summed E-state index contributed by atoms with van der Waals surface area (Å²) in [7, 11) is 0. The Morgan fingerprint density at radius 1 is 1.22 bits per heavy atom. The van der Waals surface area contributed by atoms with Crippen LogP contribution in [0.5, 0.6) is 11.5 Å². The predicted octanol–water partition coefficient (Wildman–Crippen LogP) is 3.57. The van der Waals surface area contributed by atoms with Crippen LogP contribution in [-0.2, 0) is 4.79 Å². The Kier molecular flexibility index (Phi) is 4.08. The van der Waals surface area contributed by atoms with Gasteiger partial charge >= 0.3 is 5.97 Å². The molecule has 1 amide bonds. The van der Waals surface area contributed by atoms with E-state index in [1.54, 1.807) is 31.2 Å². The van der Waals surface area contributed by atoms with Crippen LogP contribution in [0.2, 0.25) is 5.02 Å². The van der Waals surface area contributed by atoms with E-state index in [0.29, 0.717) is 28.5 Å². The van der Waals surface area contributed by atoms with Gasteiger partial charge < -0.3 is 14.6 Å². The number of ether oxygens (including phenoxy) is 2. The number of anilines is 1. The molecule has 0 atom stereocenters. The van der Waals surface area contributed by atoms with E-state index in [1.807, 2.05) is 6.07 Å². The van der Waals surface area contributed by atoms with Gasteiger partial charge in [0.25, 0.3) is 5.91 Å². The molecular formula is C19H13ClN2O5. The minimum atomic E-state index is -1.18. The van der Waals surface area contributed by atoms with Crippen LogP contribution in [0.3, 0.4) is 0 Å². The predicted molar refractivity (Wildman–Crippen MR) is 99.5 cm³/mol. The van der Waals surface area contributed by atoms with Gasteiger partial charge in [-0.05, 0) is 48.9 Å². The Labute approximate surface area is 159 Å². The number of carboxylic acid groups (broad SMARTS) is 1. The van der Waals surface area contributed by atoms with Gasteiger partial charge in [-0.3, -0.25) is 4.79 Å². The van der Waals surface area contributed by atoms with E-state index in [1.165, 1.54) is 12.1 Å². The van der Waals surface area contributed by atoms with Gasteiger partial charge in [-0.1, -0.05) is 17.7 Å². The number of carbonyl (C=O) groups excluding carboxylic acids is 1. The number of fused-ring (bicyclic) bond motifs is 1. The zero-order valence-electron chi connectivity index (χ0n) is 14.1. The maximum atomic E-state index is 12.8. The number of hydrazone groups is 1. The first-order valence-corrected chi connectivity index (χ1v) is 8.36. The highest BCUT2D eigenvalue weighted by atomic mass is 35.5. The summed E-state index contributed by atoms with van der Waals surface area (Å²) >= 11 is 5.89. The average molecular weight is 385 g/mol. The first kappa shape index (κ1) is 17.1. The number of rotatable bonds is 3. The summed E-state index contributed by atoms with van der Waals surface area (Å²) in [5.74, 6) is -0.261. The Morgan fingerprint density at radius 3 is 2.78 bits per heavy atom. The van der Waals surface area contributed by atoms with Crippen molar-refractivity contribution in [2.75, 3.05) is 11.8 Å². The molecule has 0 spiro atoms. The summed E-state index contributed by atoms with van der Waals surface area (Å²) in [6.45, 7) is 1.88. The van der Waals surface area contributed by atoms with Gasteiger partial charge in [0.05, 0.1) is 27.6 Å². The molecule has 1 N–H and O–H groups in total. The molecular weight excluding hydrogens is 372 g/mol. The van der Waals surface area contributed by atoms with E-state index < -0.39 is 5.97 Å².